The first kappa shape index (κ1) is 23.5. The fraction of sp³-hybridized carbons (Fsp3) is 0.222. The smallest absolute Gasteiger partial charge is 0.267 e. The number of benzene rings is 2. The zero-order valence-electron chi connectivity index (χ0n) is 18.8. The molecule has 1 aromatic heterocycles. The number of carbonyl (C=O) groups excluding carboxylic acids is 2. The van der Waals surface area contributed by atoms with Gasteiger partial charge in [0, 0.05) is 28.3 Å². The molecule has 178 valence electrons. The molecule has 2 aromatic carbocycles. The second-order valence-electron chi connectivity index (χ2n) is 8.49. The predicted molar refractivity (Wildman–Crippen MR) is 136 cm³/mol. The Bertz CT molecular complexity index is 1330. The molecule has 0 atom stereocenters. The number of halogens is 1. The minimum Gasteiger partial charge on any atom is -0.545 e. The number of rotatable bonds is 5. The van der Waals surface area contributed by atoms with E-state index in [4.69, 9.17) is 21.0 Å². The minimum absolute atomic E-state index is 0.0692. The second-order valence-corrected chi connectivity index (χ2v) is 9.91. The highest BCUT2D eigenvalue weighted by Gasteiger charge is 2.38. The van der Waals surface area contributed by atoms with Gasteiger partial charge in [0.25, 0.3) is 5.91 Å². The highest BCUT2D eigenvalue weighted by molar-refractivity contribution is 8.18. The molecule has 2 heterocycles. The molecular formula is C27H22ClN2O4S-. The number of para-hydroxylation sites is 1. The SMILES string of the molecule is O=C([O-])c1cc(-c2ccc(/C=C3/SC(=Nc4ccccc4)N(C4CCCCC4)C3=O)o2)ccc1Cl. The van der Waals surface area contributed by atoms with E-state index in [2.05, 4.69) is 0 Å². The average molecular weight is 506 g/mol. The lowest BCUT2D eigenvalue weighted by molar-refractivity contribution is -0.255. The normalized spacial score (nSPS) is 19.1. The van der Waals surface area contributed by atoms with Crippen LogP contribution in [0.4, 0.5) is 5.69 Å². The van der Waals surface area contributed by atoms with Crippen LogP contribution in [0, 0.1) is 0 Å². The molecule has 8 heteroatoms. The van der Waals surface area contributed by atoms with Gasteiger partial charge in [0.1, 0.15) is 11.5 Å². The number of amides is 1. The van der Waals surface area contributed by atoms with Crippen molar-refractivity contribution in [3.8, 4) is 11.3 Å². The lowest BCUT2D eigenvalue weighted by Crippen LogP contribution is -2.40. The first-order chi connectivity index (χ1) is 17.0. The highest BCUT2D eigenvalue weighted by Crippen LogP contribution is 2.39. The van der Waals surface area contributed by atoms with Crippen LogP contribution in [0.15, 0.2) is 75.0 Å². The van der Waals surface area contributed by atoms with Gasteiger partial charge in [-0.2, -0.15) is 0 Å². The molecule has 5 rings (SSSR count). The topological polar surface area (TPSA) is 85.9 Å². The van der Waals surface area contributed by atoms with Crippen LogP contribution < -0.4 is 5.11 Å². The molecule has 1 aliphatic carbocycles. The molecule has 1 aliphatic heterocycles. The second kappa shape index (κ2) is 10.1. The summed E-state index contributed by atoms with van der Waals surface area (Å²) >= 11 is 7.29. The Labute approximate surface area is 212 Å². The summed E-state index contributed by atoms with van der Waals surface area (Å²) < 4.78 is 5.93. The van der Waals surface area contributed by atoms with Crippen molar-refractivity contribution in [1.82, 2.24) is 4.90 Å². The standard InChI is InChI=1S/C27H23ClN2O4S/c28-22-13-11-17(15-21(22)26(32)33)23-14-12-20(34-23)16-24-25(31)30(19-9-5-2-6-10-19)27(35-24)29-18-7-3-1-4-8-18/h1,3-4,7-8,11-16,19H,2,5-6,9-10H2,(H,32,33)/p-1/b24-16+,29-27?. The Kier molecular flexibility index (Phi) is 6.79. The molecule has 6 nitrogen and oxygen atoms in total. The summed E-state index contributed by atoms with van der Waals surface area (Å²) in [6.07, 6.45) is 7.06. The van der Waals surface area contributed by atoms with Crippen LogP contribution in [0.5, 0.6) is 0 Å². The van der Waals surface area contributed by atoms with Crippen molar-refractivity contribution in [2.45, 2.75) is 38.1 Å². The van der Waals surface area contributed by atoms with Crippen molar-refractivity contribution in [2.24, 2.45) is 4.99 Å². The number of carboxylic acids is 1. The van der Waals surface area contributed by atoms with Gasteiger partial charge >= 0.3 is 0 Å². The maximum atomic E-state index is 13.5. The third-order valence-electron chi connectivity index (χ3n) is 6.13. The molecule has 1 amide bonds. The number of thioether (sulfide) groups is 1. The van der Waals surface area contributed by atoms with Crippen LogP contribution in [-0.4, -0.2) is 28.0 Å². The van der Waals surface area contributed by atoms with Crippen LogP contribution in [-0.2, 0) is 4.79 Å². The van der Waals surface area contributed by atoms with Crippen molar-refractivity contribution >= 4 is 52.2 Å². The molecule has 0 spiro atoms. The number of nitrogens with zero attached hydrogens (tertiary/aromatic N) is 2. The van der Waals surface area contributed by atoms with Crippen LogP contribution in [0.25, 0.3) is 17.4 Å². The van der Waals surface area contributed by atoms with E-state index in [1.54, 1.807) is 24.3 Å². The zero-order chi connectivity index (χ0) is 24.4. The van der Waals surface area contributed by atoms with Crippen molar-refractivity contribution in [2.75, 3.05) is 0 Å². The number of carbonyl (C=O) groups is 2. The molecule has 1 saturated heterocycles. The number of furan rings is 1. The van der Waals surface area contributed by atoms with Gasteiger partial charge in [-0.15, -0.1) is 0 Å². The average Bonchev–Trinajstić information content (AvgIpc) is 3.45. The van der Waals surface area contributed by atoms with E-state index in [-0.39, 0.29) is 22.5 Å². The van der Waals surface area contributed by atoms with Gasteiger partial charge in [0.2, 0.25) is 0 Å². The minimum atomic E-state index is -1.35. The van der Waals surface area contributed by atoms with Gasteiger partial charge in [0.15, 0.2) is 5.17 Å². The van der Waals surface area contributed by atoms with Crippen LogP contribution in [0.2, 0.25) is 5.02 Å². The van der Waals surface area contributed by atoms with Crippen LogP contribution in [0.3, 0.4) is 0 Å². The monoisotopic (exact) mass is 505 g/mol. The molecule has 2 fully saturated rings. The van der Waals surface area contributed by atoms with Crippen molar-refractivity contribution in [3.05, 3.63) is 81.9 Å². The lowest BCUT2D eigenvalue weighted by atomic mass is 9.94. The largest absolute Gasteiger partial charge is 0.545 e. The fourth-order valence-corrected chi connectivity index (χ4v) is 5.62. The van der Waals surface area contributed by atoms with E-state index in [0.717, 1.165) is 31.4 Å². The summed E-state index contributed by atoms with van der Waals surface area (Å²) in [6, 6.07) is 17.8. The van der Waals surface area contributed by atoms with E-state index >= 15 is 0 Å². The fourth-order valence-electron chi connectivity index (χ4n) is 4.39. The van der Waals surface area contributed by atoms with Gasteiger partial charge in [-0.05, 0) is 67.1 Å². The van der Waals surface area contributed by atoms with Gasteiger partial charge < -0.3 is 14.3 Å². The summed E-state index contributed by atoms with van der Waals surface area (Å²) in [4.78, 5) is 31.9. The number of aromatic carboxylic acids is 1. The van der Waals surface area contributed by atoms with Crippen LogP contribution in [0.1, 0.15) is 48.2 Å². The third kappa shape index (κ3) is 5.06. The lowest BCUT2D eigenvalue weighted by Gasteiger charge is -2.30. The summed E-state index contributed by atoms with van der Waals surface area (Å²) in [5, 5.41) is 12.1. The van der Waals surface area contributed by atoms with E-state index in [0.29, 0.717) is 27.2 Å². The predicted octanol–water partition coefficient (Wildman–Crippen LogP) is 5.90. The summed E-state index contributed by atoms with van der Waals surface area (Å²) in [6.45, 7) is 0. The summed E-state index contributed by atoms with van der Waals surface area (Å²) in [5.74, 6) is -0.467. The van der Waals surface area contributed by atoms with E-state index < -0.39 is 5.97 Å². The van der Waals surface area contributed by atoms with Gasteiger partial charge in [0.05, 0.1) is 16.6 Å². The molecule has 35 heavy (non-hydrogen) atoms. The van der Waals surface area contributed by atoms with Gasteiger partial charge in [-0.1, -0.05) is 49.1 Å². The number of hydrogen-bond acceptors (Lipinski definition) is 6. The Morgan fingerprint density at radius 3 is 2.60 bits per heavy atom. The maximum absolute atomic E-state index is 13.5. The molecule has 0 N–H and O–H groups in total. The number of amidine groups is 1. The van der Waals surface area contributed by atoms with Crippen molar-refractivity contribution < 1.29 is 19.1 Å². The Balaban J connectivity index is 1.45. The summed E-state index contributed by atoms with van der Waals surface area (Å²) in [7, 11) is 0. The Morgan fingerprint density at radius 1 is 1.09 bits per heavy atom. The highest BCUT2D eigenvalue weighted by atomic mass is 35.5. The van der Waals surface area contributed by atoms with Crippen molar-refractivity contribution in [1.29, 1.82) is 0 Å². The quantitative estimate of drug-likeness (QED) is 0.403. The molecule has 1 saturated carbocycles. The Morgan fingerprint density at radius 2 is 1.86 bits per heavy atom. The molecule has 3 aromatic rings. The number of aliphatic imine (C=N–C) groups is 1. The number of hydrogen-bond donors (Lipinski definition) is 0. The number of carboxylic acid groups (broad SMARTS) is 1. The van der Waals surface area contributed by atoms with Crippen molar-refractivity contribution in [3.63, 3.8) is 0 Å². The Hall–Kier alpha value is -3.29. The first-order valence-electron chi connectivity index (χ1n) is 11.5. The summed E-state index contributed by atoms with van der Waals surface area (Å²) in [5.41, 5.74) is 1.25. The molecular weight excluding hydrogens is 484 g/mol. The zero-order valence-corrected chi connectivity index (χ0v) is 20.3. The van der Waals surface area contributed by atoms with E-state index in [1.807, 2.05) is 35.2 Å². The molecule has 0 unspecified atom stereocenters. The van der Waals surface area contributed by atoms with Gasteiger partial charge in [-0.3, -0.25) is 9.69 Å². The maximum Gasteiger partial charge on any atom is 0.267 e. The molecule has 0 radical (unpaired) electrons. The molecule has 0 bridgehead atoms. The first-order valence-corrected chi connectivity index (χ1v) is 12.7. The third-order valence-corrected chi connectivity index (χ3v) is 7.44. The van der Waals surface area contributed by atoms with Crippen LogP contribution >= 0.6 is 23.4 Å². The van der Waals surface area contributed by atoms with Gasteiger partial charge in [-0.25, -0.2) is 4.99 Å². The van der Waals surface area contributed by atoms with E-state index in [1.165, 1.54) is 30.3 Å². The molecule has 2 aliphatic rings. The van der Waals surface area contributed by atoms with E-state index in [9.17, 15) is 14.7 Å².